The predicted molar refractivity (Wildman–Crippen MR) is 106 cm³/mol. The Hall–Kier alpha value is -2.63. The van der Waals surface area contributed by atoms with Crippen LogP contribution in [0.25, 0.3) is 0 Å². The number of nitrogens with one attached hydrogen (secondary N) is 2. The van der Waals surface area contributed by atoms with E-state index in [1.165, 1.54) is 36.0 Å². The van der Waals surface area contributed by atoms with Crippen LogP contribution in [-0.4, -0.2) is 74.4 Å². The van der Waals surface area contributed by atoms with E-state index in [-0.39, 0.29) is 37.3 Å². The summed E-state index contributed by atoms with van der Waals surface area (Å²) in [5, 5.41) is 40.5. The number of aliphatic hydroxyl groups excluding tert-OH is 2. The van der Waals surface area contributed by atoms with Crippen molar-refractivity contribution in [3.8, 4) is 0 Å². The molecule has 0 aliphatic heterocycles. The molecule has 1 unspecified atom stereocenters. The fourth-order valence-corrected chi connectivity index (χ4v) is 3.01. The molecule has 0 fully saturated rings. The molecule has 0 aromatic heterocycles. The summed E-state index contributed by atoms with van der Waals surface area (Å²) in [5.74, 6) is -2.61. The van der Waals surface area contributed by atoms with Crippen LogP contribution in [0.2, 0.25) is 0 Å². The van der Waals surface area contributed by atoms with E-state index < -0.39 is 30.0 Å². The summed E-state index contributed by atoms with van der Waals surface area (Å²) >= 11 is 1.34. The summed E-state index contributed by atoms with van der Waals surface area (Å²) in [7, 11) is 0. The standard InChI is InChI=1S/C18H24N2O8S/c21-9-13(22)10-29-8-7-15(23)19-12-3-1-11(2-4-12)17(26)20-14(18(27)28)5-6-16(24)25/h1-4,13-14,21-22H,5-10H2,(H,19,23)(H,20,26)(H,24,25)(H,27,28)/t13?,14-/m0/s1. The molecule has 0 saturated heterocycles. The molecule has 0 spiro atoms. The van der Waals surface area contributed by atoms with Crippen molar-refractivity contribution in [3.63, 3.8) is 0 Å². The Morgan fingerprint density at radius 2 is 1.69 bits per heavy atom. The van der Waals surface area contributed by atoms with E-state index in [4.69, 9.17) is 15.3 Å². The van der Waals surface area contributed by atoms with Crippen LogP contribution in [0.1, 0.15) is 29.6 Å². The molecule has 1 aromatic carbocycles. The molecule has 2 atom stereocenters. The SMILES string of the molecule is O=C(O)CC[C@H](NC(=O)c1ccc(NC(=O)CCSCC(O)CO)cc1)C(=O)O. The monoisotopic (exact) mass is 428 g/mol. The first-order chi connectivity index (χ1) is 13.7. The number of anilines is 1. The van der Waals surface area contributed by atoms with E-state index in [1.54, 1.807) is 0 Å². The lowest BCUT2D eigenvalue weighted by Crippen LogP contribution is -2.41. The average Bonchev–Trinajstić information content (AvgIpc) is 2.68. The number of thioether (sulfide) groups is 1. The third-order valence-corrected chi connectivity index (χ3v) is 4.79. The number of carbonyl (C=O) groups excluding carboxylic acids is 2. The molecule has 2 amide bonds. The summed E-state index contributed by atoms with van der Waals surface area (Å²) in [4.78, 5) is 45.7. The Morgan fingerprint density at radius 3 is 2.24 bits per heavy atom. The van der Waals surface area contributed by atoms with E-state index in [0.29, 0.717) is 17.2 Å². The predicted octanol–water partition coefficient (Wildman–Crippen LogP) is 0.149. The quantitative estimate of drug-likeness (QED) is 0.239. The fraction of sp³-hybridized carbons (Fsp3) is 0.444. The Balaban J connectivity index is 2.50. The number of hydrogen-bond acceptors (Lipinski definition) is 7. The lowest BCUT2D eigenvalue weighted by Gasteiger charge is -2.14. The maximum atomic E-state index is 12.1. The van der Waals surface area contributed by atoms with Crippen molar-refractivity contribution in [1.29, 1.82) is 0 Å². The summed E-state index contributed by atoms with van der Waals surface area (Å²) in [6.07, 6.45) is -1.24. The van der Waals surface area contributed by atoms with Crippen molar-refractivity contribution in [2.24, 2.45) is 0 Å². The normalized spacial score (nSPS) is 12.6. The van der Waals surface area contributed by atoms with E-state index in [0.717, 1.165) is 0 Å². The van der Waals surface area contributed by atoms with Crippen LogP contribution in [0.15, 0.2) is 24.3 Å². The first kappa shape index (κ1) is 24.4. The minimum absolute atomic E-state index is 0.165. The van der Waals surface area contributed by atoms with Gasteiger partial charge in [-0.25, -0.2) is 4.79 Å². The fourth-order valence-electron chi connectivity index (χ4n) is 2.13. The zero-order chi connectivity index (χ0) is 21.8. The number of carboxylic acids is 2. The Kier molecular flexibility index (Phi) is 10.7. The van der Waals surface area contributed by atoms with Crippen LogP contribution in [-0.2, 0) is 14.4 Å². The molecule has 1 rings (SSSR count). The zero-order valence-electron chi connectivity index (χ0n) is 15.5. The van der Waals surface area contributed by atoms with Gasteiger partial charge in [-0.2, -0.15) is 11.8 Å². The lowest BCUT2D eigenvalue weighted by atomic mass is 10.1. The minimum atomic E-state index is -1.33. The highest BCUT2D eigenvalue weighted by atomic mass is 32.2. The number of aliphatic hydroxyl groups is 2. The zero-order valence-corrected chi connectivity index (χ0v) is 16.4. The topological polar surface area (TPSA) is 173 Å². The molecule has 0 radical (unpaired) electrons. The maximum absolute atomic E-state index is 12.1. The Morgan fingerprint density at radius 1 is 1.03 bits per heavy atom. The van der Waals surface area contributed by atoms with Crippen LogP contribution < -0.4 is 10.6 Å². The van der Waals surface area contributed by atoms with Gasteiger partial charge in [-0.3, -0.25) is 14.4 Å². The van der Waals surface area contributed by atoms with E-state index in [1.807, 2.05) is 0 Å². The molecule has 0 bridgehead atoms. The van der Waals surface area contributed by atoms with Crippen molar-refractivity contribution < 1.29 is 39.6 Å². The molecule has 0 aliphatic carbocycles. The highest BCUT2D eigenvalue weighted by Gasteiger charge is 2.21. The van der Waals surface area contributed by atoms with Crippen LogP contribution in [0, 0.1) is 0 Å². The smallest absolute Gasteiger partial charge is 0.326 e. The number of aliphatic carboxylic acids is 2. The van der Waals surface area contributed by atoms with Gasteiger partial charge in [0.25, 0.3) is 5.91 Å². The third kappa shape index (κ3) is 9.92. The highest BCUT2D eigenvalue weighted by Crippen LogP contribution is 2.12. The molecule has 29 heavy (non-hydrogen) atoms. The first-order valence-corrected chi connectivity index (χ1v) is 9.90. The molecule has 6 N–H and O–H groups in total. The summed E-state index contributed by atoms with van der Waals surface area (Å²) < 4.78 is 0. The second-order valence-electron chi connectivity index (χ2n) is 6.08. The summed E-state index contributed by atoms with van der Waals surface area (Å²) in [6.45, 7) is -0.327. The van der Waals surface area contributed by atoms with E-state index in [2.05, 4.69) is 10.6 Å². The van der Waals surface area contributed by atoms with E-state index >= 15 is 0 Å². The van der Waals surface area contributed by atoms with Gasteiger partial charge in [-0.1, -0.05) is 0 Å². The van der Waals surface area contributed by atoms with Crippen LogP contribution >= 0.6 is 11.8 Å². The minimum Gasteiger partial charge on any atom is -0.481 e. The number of amides is 2. The largest absolute Gasteiger partial charge is 0.481 e. The molecule has 0 aliphatic rings. The van der Waals surface area contributed by atoms with Crippen molar-refractivity contribution in [3.05, 3.63) is 29.8 Å². The van der Waals surface area contributed by atoms with Crippen LogP contribution in [0.3, 0.4) is 0 Å². The van der Waals surface area contributed by atoms with Gasteiger partial charge in [0.05, 0.1) is 12.7 Å². The van der Waals surface area contributed by atoms with Gasteiger partial charge < -0.3 is 31.1 Å². The number of carbonyl (C=O) groups is 4. The van der Waals surface area contributed by atoms with Crippen molar-refractivity contribution in [2.75, 3.05) is 23.4 Å². The third-order valence-electron chi connectivity index (χ3n) is 3.68. The molecular weight excluding hydrogens is 404 g/mol. The number of benzene rings is 1. The molecule has 0 saturated carbocycles. The second kappa shape index (κ2) is 12.8. The first-order valence-electron chi connectivity index (χ1n) is 8.75. The number of rotatable bonds is 13. The Bertz CT molecular complexity index is 710. The average molecular weight is 428 g/mol. The maximum Gasteiger partial charge on any atom is 0.326 e. The molecule has 1 aromatic rings. The molecule has 0 heterocycles. The van der Waals surface area contributed by atoms with Gasteiger partial charge in [-0.15, -0.1) is 0 Å². The number of hydrogen-bond donors (Lipinski definition) is 6. The summed E-state index contributed by atoms with van der Waals surface area (Å²) in [5.41, 5.74) is 0.616. The van der Waals surface area contributed by atoms with Gasteiger partial charge in [-0.05, 0) is 30.7 Å². The second-order valence-corrected chi connectivity index (χ2v) is 7.23. The molecular formula is C18H24N2O8S. The highest BCUT2D eigenvalue weighted by molar-refractivity contribution is 7.99. The van der Waals surface area contributed by atoms with Crippen molar-refractivity contribution >= 4 is 41.2 Å². The molecule has 10 nitrogen and oxygen atoms in total. The van der Waals surface area contributed by atoms with Crippen LogP contribution in [0.5, 0.6) is 0 Å². The van der Waals surface area contributed by atoms with Crippen LogP contribution in [0.4, 0.5) is 5.69 Å². The lowest BCUT2D eigenvalue weighted by molar-refractivity contribution is -0.140. The van der Waals surface area contributed by atoms with Gasteiger partial charge in [0.15, 0.2) is 0 Å². The molecule has 11 heteroatoms. The van der Waals surface area contributed by atoms with Gasteiger partial charge >= 0.3 is 11.9 Å². The van der Waals surface area contributed by atoms with Gasteiger partial charge in [0, 0.05) is 35.6 Å². The Labute approximate surface area is 171 Å². The molecule has 160 valence electrons. The van der Waals surface area contributed by atoms with Gasteiger partial charge in [0.2, 0.25) is 5.91 Å². The number of carboxylic acid groups (broad SMARTS) is 2. The van der Waals surface area contributed by atoms with Gasteiger partial charge in [0.1, 0.15) is 6.04 Å². The summed E-state index contributed by atoms with van der Waals surface area (Å²) in [6, 6.07) is 4.48. The van der Waals surface area contributed by atoms with Crippen molar-refractivity contribution in [1.82, 2.24) is 5.32 Å². The van der Waals surface area contributed by atoms with Crippen molar-refractivity contribution in [2.45, 2.75) is 31.4 Å². The van der Waals surface area contributed by atoms with E-state index in [9.17, 15) is 24.3 Å².